The van der Waals surface area contributed by atoms with Crippen molar-refractivity contribution >= 4 is 5.91 Å². The number of hydrogen-bond donors (Lipinski definition) is 0. The van der Waals surface area contributed by atoms with Gasteiger partial charge in [-0.25, -0.2) is 0 Å². The summed E-state index contributed by atoms with van der Waals surface area (Å²) in [5.41, 5.74) is 1.87. The van der Waals surface area contributed by atoms with E-state index in [0.717, 1.165) is 37.1 Å². The van der Waals surface area contributed by atoms with Crippen LogP contribution in [0.25, 0.3) is 0 Å². The van der Waals surface area contributed by atoms with Gasteiger partial charge < -0.3 is 9.64 Å². The minimum atomic E-state index is -4.45. The highest BCUT2D eigenvalue weighted by atomic mass is 19.4. The molecule has 0 aliphatic carbocycles. The summed E-state index contributed by atoms with van der Waals surface area (Å²) in [5.74, 6) is -0.295. The van der Waals surface area contributed by atoms with Gasteiger partial charge in [0, 0.05) is 17.8 Å². The molecule has 2 aliphatic rings. The Labute approximate surface area is 132 Å². The summed E-state index contributed by atoms with van der Waals surface area (Å²) in [6, 6.07) is -0.354. The van der Waals surface area contributed by atoms with E-state index < -0.39 is 18.8 Å². The molecule has 3 heterocycles. The molecule has 1 aromatic rings. The Morgan fingerprint density at radius 3 is 2.96 bits per heavy atom. The lowest BCUT2D eigenvalue weighted by Crippen LogP contribution is -2.55. The fraction of sp³-hybridized carbons (Fsp3) is 0.733. The maximum Gasteiger partial charge on any atom is 0.416 e. The molecule has 0 saturated carbocycles. The van der Waals surface area contributed by atoms with Gasteiger partial charge in [-0.15, -0.1) is 0 Å². The number of carbonyl (C=O) groups is 1. The Bertz CT molecular complexity index is 585. The van der Waals surface area contributed by atoms with Crippen molar-refractivity contribution < 1.29 is 22.7 Å². The first-order valence-corrected chi connectivity index (χ1v) is 7.87. The molecule has 0 aromatic carbocycles. The highest BCUT2D eigenvalue weighted by Gasteiger charge is 2.45. The van der Waals surface area contributed by atoms with Crippen LogP contribution in [0.4, 0.5) is 13.2 Å². The average molecular weight is 331 g/mol. The number of halogens is 3. The third kappa shape index (κ3) is 3.36. The number of carbonyl (C=O) groups excluding carboxylic acids is 1. The van der Waals surface area contributed by atoms with Crippen LogP contribution in [0.15, 0.2) is 6.20 Å². The molecule has 0 N–H and O–H groups in total. The van der Waals surface area contributed by atoms with Crippen LogP contribution in [0.5, 0.6) is 0 Å². The molecule has 128 valence electrons. The largest absolute Gasteiger partial charge is 0.416 e. The third-order valence-corrected chi connectivity index (χ3v) is 4.53. The van der Waals surface area contributed by atoms with Gasteiger partial charge in [-0.3, -0.25) is 9.48 Å². The van der Waals surface area contributed by atoms with Crippen molar-refractivity contribution in [2.75, 3.05) is 13.2 Å². The second kappa shape index (κ2) is 6.14. The van der Waals surface area contributed by atoms with Gasteiger partial charge in [0.15, 0.2) is 6.10 Å². The number of alkyl halides is 3. The predicted molar refractivity (Wildman–Crippen MR) is 75.8 cm³/mol. The number of morpholine rings is 1. The average Bonchev–Trinajstić information content (AvgIpc) is 2.90. The normalized spacial score (nSPS) is 25.3. The van der Waals surface area contributed by atoms with Crippen LogP contribution >= 0.6 is 0 Å². The van der Waals surface area contributed by atoms with Crippen molar-refractivity contribution in [3.63, 3.8) is 0 Å². The number of amides is 1. The molecule has 8 heteroatoms. The van der Waals surface area contributed by atoms with Crippen LogP contribution in [0.1, 0.15) is 31.0 Å². The molecule has 1 saturated heterocycles. The summed E-state index contributed by atoms with van der Waals surface area (Å²) in [7, 11) is 0. The van der Waals surface area contributed by atoms with Gasteiger partial charge in [-0.05, 0) is 26.2 Å². The first-order valence-electron chi connectivity index (χ1n) is 7.87. The zero-order valence-electron chi connectivity index (χ0n) is 13.0. The highest BCUT2D eigenvalue weighted by molar-refractivity contribution is 5.79. The fourth-order valence-electron chi connectivity index (χ4n) is 3.20. The van der Waals surface area contributed by atoms with E-state index >= 15 is 0 Å². The number of aromatic nitrogens is 2. The topological polar surface area (TPSA) is 47.4 Å². The van der Waals surface area contributed by atoms with Crippen LogP contribution in [0, 0.1) is 0 Å². The standard InChI is InChI=1S/C15H20F3N3O2/c1-10-9-23-13(15(16,17)18)8-20(10)14(22)6-11-7-19-21-5-3-2-4-12(11)21/h7,10,13H,2-6,8-9H2,1H3. The summed E-state index contributed by atoms with van der Waals surface area (Å²) < 4.78 is 45.2. The lowest BCUT2D eigenvalue weighted by Gasteiger charge is -2.38. The smallest absolute Gasteiger partial charge is 0.365 e. The first-order chi connectivity index (χ1) is 10.9. The zero-order valence-corrected chi connectivity index (χ0v) is 13.0. The van der Waals surface area contributed by atoms with E-state index in [1.54, 1.807) is 13.1 Å². The maximum absolute atomic E-state index is 12.8. The first kappa shape index (κ1) is 16.3. The Hall–Kier alpha value is -1.57. The van der Waals surface area contributed by atoms with Crippen LogP contribution in [0.2, 0.25) is 0 Å². The minimum Gasteiger partial charge on any atom is -0.365 e. The van der Waals surface area contributed by atoms with Gasteiger partial charge >= 0.3 is 6.18 Å². The molecular weight excluding hydrogens is 311 g/mol. The molecule has 2 atom stereocenters. The summed E-state index contributed by atoms with van der Waals surface area (Å²) >= 11 is 0. The van der Waals surface area contributed by atoms with Gasteiger partial charge in [0.25, 0.3) is 0 Å². The molecule has 1 fully saturated rings. The highest BCUT2D eigenvalue weighted by Crippen LogP contribution is 2.28. The van der Waals surface area contributed by atoms with E-state index in [1.807, 2.05) is 4.68 Å². The monoisotopic (exact) mass is 331 g/mol. The Morgan fingerprint density at radius 2 is 2.22 bits per heavy atom. The summed E-state index contributed by atoms with van der Waals surface area (Å²) in [6.07, 6.45) is -1.59. The lowest BCUT2D eigenvalue weighted by molar-refractivity contribution is -0.242. The number of fused-ring (bicyclic) bond motifs is 1. The number of nitrogens with zero attached hydrogens (tertiary/aromatic N) is 3. The van der Waals surface area contributed by atoms with Gasteiger partial charge in [0.2, 0.25) is 5.91 Å². The van der Waals surface area contributed by atoms with E-state index in [-0.39, 0.29) is 25.0 Å². The number of ether oxygens (including phenoxy) is 1. The molecule has 5 nitrogen and oxygen atoms in total. The lowest BCUT2D eigenvalue weighted by atomic mass is 10.0. The van der Waals surface area contributed by atoms with E-state index in [1.165, 1.54) is 4.90 Å². The molecule has 0 radical (unpaired) electrons. The summed E-state index contributed by atoms with van der Waals surface area (Å²) in [5, 5.41) is 4.27. The maximum atomic E-state index is 12.8. The van der Waals surface area contributed by atoms with Gasteiger partial charge in [-0.1, -0.05) is 0 Å². The fourth-order valence-corrected chi connectivity index (χ4v) is 3.20. The van der Waals surface area contributed by atoms with E-state index in [0.29, 0.717) is 0 Å². The van der Waals surface area contributed by atoms with Crippen molar-refractivity contribution in [3.05, 3.63) is 17.5 Å². The zero-order chi connectivity index (χ0) is 16.6. The third-order valence-electron chi connectivity index (χ3n) is 4.53. The SMILES string of the molecule is CC1COC(C(F)(F)F)CN1C(=O)Cc1cnn2c1CCCC2. The Morgan fingerprint density at radius 1 is 1.43 bits per heavy atom. The van der Waals surface area contributed by atoms with E-state index in [9.17, 15) is 18.0 Å². The number of rotatable bonds is 2. The van der Waals surface area contributed by atoms with Gasteiger partial charge in [-0.2, -0.15) is 18.3 Å². The molecule has 2 unspecified atom stereocenters. The van der Waals surface area contributed by atoms with E-state index in [4.69, 9.17) is 4.74 Å². The van der Waals surface area contributed by atoms with Crippen molar-refractivity contribution in [3.8, 4) is 0 Å². The van der Waals surface area contributed by atoms with Crippen LogP contribution in [0.3, 0.4) is 0 Å². The molecule has 3 rings (SSSR count). The number of aryl methyl sites for hydroxylation is 1. The van der Waals surface area contributed by atoms with Crippen LogP contribution in [-0.2, 0) is 28.9 Å². The van der Waals surface area contributed by atoms with Crippen LogP contribution in [-0.4, -0.2) is 52.1 Å². The summed E-state index contributed by atoms with van der Waals surface area (Å²) in [6.45, 7) is 2.01. The van der Waals surface area contributed by atoms with Crippen molar-refractivity contribution in [1.82, 2.24) is 14.7 Å². The second-order valence-corrected chi connectivity index (χ2v) is 6.23. The van der Waals surface area contributed by atoms with Gasteiger partial charge in [0.05, 0.1) is 31.8 Å². The van der Waals surface area contributed by atoms with E-state index in [2.05, 4.69) is 5.10 Å². The molecule has 0 spiro atoms. The molecule has 1 amide bonds. The van der Waals surface area contributed by atoms with Crippen molar-refractivity contribution in [1.29, 1.82) is 0 Å². The number of hydrogen-bond acceptors (Lipinski definition) is 3. The minimum absolute atomic E-state index is 0.0952. The van der Waals surface area contributed by atoms with Crippen LogP contribution < -0.4 is 0 Å². The molecule has 0 bridgehead atoms. The predicted octanol–water partition coefficient (Wildman–Crippen LogP) is 1.94. The molecule has 1 aromatic heterocycles. The summed E-state index contributed by atoms with van der Waals surface area (Å²) in [4.78, 5) is 13.8. The van der Waals surface area contributed by atoms with Crippen molar-refractivity contribution in [2.24, 2.45) is 0 Å². The Kier molecular flexibility index (Phi) is 4.35. The van der Waals surface area contributed by atoms with Gasteiger partial charge in [0.1, 0.15) is 0 Å². The quantitative estimate of drug-likeness (QED) is 0.832. The second-order valence-electron chi connectivity index (χ2n) is 6.23. The Balaban J connectivity index is 1.70. The molecular formula is C15H20F3N3O2. The van der Waals surface area contributed by atoms with Crippen molar-refractivity contribution in [2.45, 2.75) is 57.5 Å². The molecule has 23 heavy (non-hydrogen) atoms. The molecule has 2 aliphatic heterocycles.